The van der Waals surface area contributed by atoms with E-state index in [2.05, 4.69) is 72.8 Å². The summed E-state index contributed by atoms with van der Waals surface area (Å²) in [5, 5.41) is 2.24. The Hall–Kier alpha value is -2.03. The van der Waals surface area contributed by atoms with Crippen LogP contribution >= 0.6 is 23.4 Å². The highest BCUT2D eigenvalue weighted by Gasteiger charge is 2.27. The molecule has 1 aliphatic heterocycles. The second-order valence-electron chi connectivity index (χ2n) is 6.12. The Balaban J connectivity index is 1.73. The molecule has 0 aromatic heterocycles. The molecule has 0 N–H and O–H groups in total. The molecule has 0 fully saturated rings. The predicted molar refractivity (Wildman–Crippen MR) is 109 cm³/mol. The van der Waals surface area contributed by atoms with Gasteiger partial charge in [-0.1, -0.05) is 96.2 Å². The third-order valence-corrected chi connectivity index (χ3v) is 5.98. The number of aliphatic imine (C=N–C) groups is 1. The van der Waals surface area contributed by atoms with E-state index in [1.807, 2.05) is 23.9 Å². The van der Waals surface area contributed by atoms with Crippen LogP contribution in [-0.4, -0.2) is 5.04 Å². The summed E-state index contributed by atoms with van der Waals surface area (Å²) < 4.78 is 0. The molecule has 25 heavy (non-hydrogen) atoms. The van der Waals surface area contributed by atoms with E-state index in [-0.39, 0.29) is 6.04 Å². The fraction of sp³-hybridized carbons (Fsp3) is 0.136. The van der Waals surface area contributed by atoms with Crippen LogP contribution in [0.15, 0.2) is 89.9 Å². The minimum Gasteiger partial charge on any atom is -0.270 e. The van der Waals surface area contributed by atoms with Crippen LogP contribution in [0.4, 0.5) is 0 Å². The average molecular weight is 364 g/mol. The van der Waals surface area contributed by atoms with E-state index in [9.17, 15) is 0 Å². The Morgan fingerprint density at radius 3 is 2.00 bits per heavy atom. The lowest BCUT2D eigenvalue weighted by Crippen LogP contribution is -2.13. The van der Waals surface area contributed by atoms with E-state index in [0.717, 1.165) is 22.1 Å². The van der Waals surface area contributed by atoms with Gasteiger partial charge in [0.15, 0.2) is 0 Å². The molecule has 1 nitrogen and oxygen atoms in total. The van der Waals surface area contributed by atoms with Crippen molar-refractivity contribution >= 4 is 28.4 Å². The van der Waals surface area contributed by atoms with E-state index in [0.29, 0.717) is 5.25 Å². The summed E-state index contributed by atoms with van der Waals surface area (Å²) in [5.74, 6) is 0. The molecule has 1 aliphatic rings. The highest BCUT2D eigenvalue weighted by Crippen LogP contribution is 2.45. The van der Waals surface area contributed by atoms with Crippen LogP contribution in [0.2, 0.25) is 5.02 Å². The lowest BCUT2D eigenvalue weighted by atomic mass is 9.98. The van der Waals surface area contributed by atoms with Crippen LogP contribution < -0.4 is 0 Å². The molecule has 0 unspecified atom stereocenters. The van der Waals surface area contributed by atoms with Crippen molar-refractivity contribution in [3.05, 3.63) is 107 Å². The molecule has 124 valence electrons. The molecule has 4 rings (SSSR count). The van der Waals surface area contributed by atoms with Gasteiger partial charge in [0.2, 0.25) is 0 Å². The van der Waals surface area contributed by atoms with Crippen molar-refractivity contribution in [2.45, 2.75) is 17.7 Å². The van der Waals surface area contributed by atoms with Gasteiger partial charge in [-0.15, -0.1) is 0 Å². The Labute approximate surface area is 157 Å². The molecule has 0 saturated carbocycles. The summed E-state index contributed by atoms with van der Waals surface area (Å²) in [4.78, 5) is 5.06. The van der Waals surface area contributed by atoms with E-state index in [1.54, 1.807) is 0 Å². The fourth-order valence-corrected chi connectivity index (χ4v) is 4.53. The zero-order valence-electron chi connectivity index (χ0n) is 13.7. The van der Waals surface area contributed by atoms with Crippen molar-refractivity contribution in [2.75, 3.05) is 0 Å². The first-order valence-corrected chi connectivity index (χ1v) is 9.65. The Bertz CT molecular complexity index is 860. The van der Waals surface area contributed by atoms with E-state index in [4.69, 9.17) is 16.6 Å². The number of nitrogens with zero attached hydrogens (tertiary/aromatic N) is 1. The maximum atomic E-state index is 6.05. The molecule has 3 aromatic rings. The first kappa shape index (κ1) is 16.4. The molecule has 0 saturated heterocycles. The monoisotopic (exact) mass is 363 g/mol. The lowest BCUT2D eigenvalue weighted by molar-refractivity contribution is 0.641. The van der Waals surface area contributed by atoms with Gasteiger partial charge >= 0.3 is 0 Å². The van der Waals surface area contributed by atoms with Gasteiger partial charge in [0.05, 0.1) is 11.1 Å². The molecule has 0 aliphatic carbocycles. The van der Waals surface area contributed by atoms with Crippen molar-refractivity contribution in [3.8, 4) is 0 Å². The van der Waals surface area contributed by atoms with Gasteiger partial charge < -0.3 is 0 Å². The van der Waals surface area contributed by atoms with Crippen molar-refractivity contribution in [1.29, 1.82) is 0 Å². The van der Waals surface area contributed by atoms with Crippen LogP contribution in [0.25, 0.3) is 0 Å². The van der Waals surface area contributed by atoms with Gasteiger partial charge in [-0.3, -0.25) is 4.99 Å². The Morgan fingerprint density at radius 1 is 0.760 bits per heavy atom. The van der Waals surface area contributed by atoms with E-state index >= 15 is 0 Å². The first-order chi connectivity index (χ1) is 12.3. The second kappa shape index (κ2) is 7.47. The molecule has 0 spiro atoms. The van der Waals surface area contributed by atoms with E-state index < -0.39 is 0 Å². The molecule has 0 bridgehead atoms. The summed E-state index contributed by atoms with van der Waals surface area (Å²) in [6, 6.07) is 29.5. The molecule has 2 atom stereocenters. The van der Waals surface area contributed by atoms with Crippen molar-refractivity contribution in [3.63, 3.8) is 0 Å². The zero-order chi connectivity index (χ0) is 17.1. The molecule has 1 heterocycles. The van der Waals surface area contributed by atoms with Crippen molar-refractivity contribution in [2.24, 2.45) is 4.99 Å². The van der Waals surface area contributed by atoms with Crippen molar-refractivity contribution < 1.29 is 0 Å². The van der Waals surface area contributed by atoms with Crippen LogP contribution in [0.5, 0.6) is 0 Å². The normalized spacial score (nSPS) is 20.1. The SMILES string of the molecule is Clc1ccc(C2=N[C@H](c3ccccc3)C[C@@H](c3ccccc3)S2)cc1. The third-order valence-electron chi connectivity index (χ3n) is 4.41. The quantitative estimate of drug-likeness (QED) is 0.504. The molecule has 0 radical (unpaired) electrons. The van der Waals surface area contributed by atoms with Gasteiger partial charge in [-0.25, -0.2) is 0 Å². The van der Waals surface area contributed by atoms with Crippen LogP contribution in [0.1, 0.15) is 34.4 Å². The average Bonchev–Trinajstić information content (AvgIpc) is 2.69. The summed E-state index contributed by atoms with van der Waals surface area (Å²) in [6.07, 6.45) is 1.01. The summed E-state index contributed by atoms with van der Waals surface area (Å²) in [6.45, 7) is 0. The van der Waals surface area contributed by atoms with Gasteiger partial charge in [-0.05, 0) is 29.7 Å². The summed E-state index contributed by atoms with van der Waals surface area (Å²) in [5.41, 5.74) is 3.76. The highest BCUT2D eigenvalue weighted by molar-refractivity contribution is 8.14. The van der Waals surface area contributed by atoms with Gasteiger partial charge in [0, 0.05) is 15.8 Å². The molecule has 0 amide bonds. The minimum absolute atomic E-state index is 0.179. The molecule has 3 heteroatoms. The number of hydrogen-bond acceptors (Lipinski definition) is 2. The van der Waals surface area contributed by atoms with Gasteiger partial charge in [-0.2, -0.15) is 0 Å². The lowest BCUT2D eigenvalue weighted by Gasteiger charge is -2.28. The van der Waals surface area contributed by atoms with Crippen LogP contribution in [-0.2, 0) is 0 Å². The topological polar surface area (TPSA) is 12.4 Å². The molecular formula is C22H18ClNS. The number of benzene rings is 3. The number of hydrogen-bond donors (Lipinski definition) is 0. The van der Waals surface area contributed by atoms with Gasteiger partial charge in [0.1, 0.15) is 0 Å². The van der Waals surface area contributed by atoms with E-state index in [1.165, 1.54) is 11.1 Å². The minimum atomic E-state index is 0.179. The maximum absolute atomic E-state index is 6.05. The Morgan fingerprint density at radius 2 is 1.36 bits per heavy atom. The number of thioether (sulfide) groups is 1. The largest absolute Gasteiger partial charge is 0.270 e. The maximum Gasteiger partial charge on any atom is 0.0990 e. The van der Waals surface area contributed by atoms with Crippen molar-refractivity contribution in [1.82, 2.24) is 0 Å². The highest BCUT2D eigenvalue weighted by atomic mass is 35.5. The van der Waals surface area contributed by atoms with Crippen LogP contribution in [0, 0.1) is 0 Å². The fourth-order valence-electron chi connectivity index (χ4n) is 3.10. The first-order valence-electron chi connectivity index (χ1n) is 8.40. The van der Waals surface area contributed by atoms with Gasteiger partial charge in [0.25, 0.3) is 0 Å². The Kier molecular flexibility index (Phi) is 4.91. The number of halogens is 1. The second-order valence-corrected chi connectivity index (χ2v) is 7.75. The third kappa shape index (κ3) is 3.81. The number of rotatable bonds is 3. The molecular weight excluding hydrogens is 346 g/mol. The predicted octanol–water partition coefficient (Wildman–Crippen LogP) is 6.71. The van der Waals surface area contributed by atoms with Crippen LogP contribution in [0.3, 0.4) is 0 Å². The zero-order valence-corrected chi connectivity index (χ0v) is 15.3. The smallest absolute Gasteiger partial charge is 0.0990 e. The summed E-state index contributed by atoms with van der Waals surface area (Å²) >= 11 is 7.90. The molecule has 3 aromatic carbocycles. The standard InChI is InChI=1S/C22H18ClNS/c23-19-13-11-18(12-14-19)22-24-20(16-7-3-1-4-8-16)15-21(25-22)17-9-5-2-6-10-17/h1-14,20-21H,15H2/t20-,21-/m0/s1. The summed E-state index contributed by atoms with van der Waals surface area (Å²) in [7, 11) is 0.